The van der Waals surface area contributed by atoms with Crippen LogP contribution in [0.3, 0.4) is 0 Å². The molecule has 1 aromatic carbocycles. The van der Waals surface area contributed by atoms with E-state index in [4.69, 9.17) is 10.2 Å². The van der Waals surface area contributed by atoms with Gasteiger partial charge in [0, 0.05) is 5.56 Å². The first-order valence-corrected chi connectivity index (χ1v) is 5.73. The molecule has 1 N–H and O–H groups in total. The highest BCUT2D eigenvalue weighted by molar-refractivity contribution is 5.92. The summed E-state index contributed by atoms with van der Waals surface area (Å²) in [5, 5.41) is 11.8. The number of benzene rings is 1. The van der Waals surface area contributed by atoms with E-state index in [1.807, 2.05) is 30.3 Å². The van der Waals surface area contributed by atoms with Crippen LogP contribution in [-0.4, -0.2) is 11.6 Å². The first kappa shape index (κ1) is 10.9. The molecule has 0 bridgehead atoms. The predicted molar refractivity (Wildman–Crippen MR) is 64.9 cm³/mol. The minimum atomic E-state index is 0.124. The standard InChI is InChI=1S/C13H16N2O/c14-13(11-7-3-1-4-8-11)16-15-12-9-5-2-6-10-12/h1,3-4,7-8,14H,2,5-6,9-10H2. The number of hydrogen-bond donors (Lipinski definition) is 1. The Morgan fingerprint density at radius 2 is 1.75 bits per heavy atom. The monoisotopic (exact) mass is 216 g/mol. The van der Waals surface area contributed by atoms with Crippen molar-refractivity contribution in [2.24, 2.45) is 5.16 Å². The minimum absolute atomic E-state index is 0.124. The number of oxime groups is 1. The maximum Gasteiger partial charge on any atom is 0.248 e. The van der Waals surface area contributed by atoms with E-state index in [9.17, 15) is 0 Å². The van der Waals surface area contributed by atoms with Crippen molar-refractivity contribution in [3.63, 3.8) is 0 Å². The molecule has 1 fully saturated rings. The third-order valence-corrected chi connectivity index (χ3v) is 2.73. The van der Waals surface area contributed by atoms with E-state index in [1.54, 1.807) is 0 Å². The number of rotatable bonds is 2. The molecule has 0 saturated heterocycles. The molecule has 1 aliphatic rings. The summed E-state index contributed by atoms with van der Waals surface area (Å²) in [7, 11) is 0. The molecule has 2 rings (SSSR count). The highest BCUT2D eigenvalue weighted by atomic mass is 16.6. The Bertz CT molecular complexity index is 376. The first-order chi connectivity index (χ1) is 7.86. The molecule has 0 heterocycles. The van der Waals surface area contributed by atoms with Gasteiger partial charge in [0.05, 0.1) is 5.71 Å². The van der Waals surface area contributed by atoms with Crippen molar-refractivity contribution < 1.29 is 4.84 Å². The van der Waals surface area contributed by atoms with Gasteiger partial charge in [-0.15, -0.1) is 0 Å². The van der Waals surface area contributed by atoms with E-state index >= 15 is 0 Å². The topological polar surface area (TPSA) is 45.4 Å². The summed E-state index contributed by atoms with van der Waals surface area (Å²) < 4.78 is 0. The second-order valence-electron chi connectivity index (χ2n) is 4.00. The highest BCUT2D eigenvalue weighted by Gasteiger charge is 2.08. The Balaban J connectivity index is 1.92. The second kappa shape index (κ2) is 5.45. The van der Waals surface area contributed by atoms with Crippen molar-refractivity contribution in [2.75, 3.05) is 0 Å². The summed E-state index contributed by atoms with van der Waals surface area (Å²) in [6.45, 7) is 0. The first-order valence-electron chi connectivity index (χ1n) is 5.73. The van der Waals surface area contributed by atoms with Gasteiger partial charge in [0.1, 0.15) is 0 Å². The molecule has 0 radical (unpaired) electrons. The maximum absolute atomic E-state index is 7.72. The second-order valence-corrected chi connectivity index (χ2v) is 4.00. The molecule has 0 atom stereocenters. The predicted octanol–water partition coefficient (Wildman–Crippen LogP) is 3.35. The van der Waals surface area contributed by atoms with Crippen LogP contribution in [0.15, 0.2) is 35.5 Å². The van der Waals surface area contributed by atoms with Crippen LogP contribution in [0.4, 0.5) is 0 Å². The number of nitrogens with zero attached hydrogens (tertiary/aromatic N) is 1. The highest BCUT2D eigenvalue weighted by Crippen LogP contribution is 2.15. The van der Waals surface area contributed by atoms with Gasteiger partial charge in [-0.3, -0.25) is 5.41 Å². The van der Waals surface area contributed by atoms with Crippen molar-refractivity contribution in [1.29, 1.82) is 5.41 Å². The quantitative estimate of drug-likeness (QED) is 0.460. The average molecular weight is 216 g/mol. The summed E-state index contributed by atoms with van der Waals surface area (Å²) in [5.41, 5.74) is 1.86. The molecule has 0 amide bonds. The Hall–Kier alpha value is -1.64. The largest absolute Gasteiger partial charge is 0.337 e. The summed E-state index contributed by atoms with van der Waals surface area (Å²) in [5.74, 6) is 0.124. The zero-order valence-electron chi connectivity index (χ0n) is 9.28. The lowest BCUT2D eigenvalue weighted by Crippen LogP contribution is -2.08. The van der Waals surface area contributed by atoms with E-state index < -0.39 is 0 Å². The summed E-state index contributed by atoms with van der Waals surface area (Å²) in [6.07, 6.45) is 5.71. The van der Waals surface area contributed by atoms with Crippen molar-refractivity contribution in [2.45, 2.75) is 32.1 Å². The van der Waals surface area contributed by atoms with Crippen LogP contribution in [0.5, 0.6) is 0 Å². The Morgan fingerprint density at radius 3 is 2.44 bits per heavy atom. The molecular formula is C13H16N2O. The summed E-state index contributed by atoms with van der Waals surface area (Å²) in [6, 6.07) is 9.40. The fraction of sp³-hybridized carbons (Fsp3) is 0.385. The molecule has 1 saturated carbocycles. The molecular weight excluding hydrogens is 200 g/mol. The van der Waals surface area contributed by atoms with Gasteiger partial charge in [0.15, 0.2) is 0 Å². The van der Waals surface area contributed by atoms with Gasteiger partial charge < -0.3 is 4.84 Å². The molecule has 16 heavy (non-hydrogen) atoms. The Labute approximate surface area is 95.6 Å². The smallest absolute Gasteiger partial charge is 0.248 e. The van der Waals surface area contributed by atoms with Gasteiger partial charge in [-0.25, -0.2) is 0 Å². The van der Waals surface area contributed by atoms with Gasteiger partial charge in [0.25, 0.3) is 0 Å². The fourth-order valence-electron chi connectivity index (χ4n) is 1.80. The SMILES string of the molecule is N=C(ON=C1CCCCC1)c1ccccc1. The molecule has 0 unspecified atom stereocenters. The molecule has 0 aliphatic heterocycles. The molecule has 1 aromatic rings. The summed E-state index contributed by atoms with van der Waals surface area (Å²) in [4.78, 5) is 5.14. The average Bonchev–Trinajstić information content (AvgIpc) is 2.38. The third-order valence-electron chi connectivity index (χ3n) is 2.73. The van der Waals surface area contributed by atoms with E-state index in [2.05, 4.69) is 5.16 Å². The third kappa shape index (κ3) is 2.92. The normalized spacial score (nSPS) is 15.6. The Kier molecular flexibility index (Phi) is 3.70. The van der Waals surface area contributed by atoms with Gasteiger partial charge in [-0.2, -0.15) is 0 Å². The van der Waals surface area contributed by atoms with Crippen LogP contribution in [0.2, 0.25) is 0 Å². The van der Waals surface area contributed by atoms with Crippen LogP contribution in [0.25, 0.3) is 0 Å². The Morgan fingerprint density at radius 1 is 1.06 bits per heavy atom. The van der Waals surface area contributed by atoms with Gasteiger partial charge in [0.2, 0.25) is 5.90 Å². The molecule has 0 spiro atoms. The molecule has 0 aromatic heterocycles. The minimum Gasteiger partial charge on any atom is -0.337 e. The van der Waals surface area contributed by atoms with Gasteiger partial charge in [-0.05, 0) is 37.8 Å². The van der Waals surface area contributed by atoms with Crippen molar-refractivity contribution >= 4 is 11.6 Å². The molecule has 3 nitrogen and oxygen atoms in total. The summed E-state index contributed by atoms with van der Waals surface area (Å²) >= 11 is 0. The van der Waals surface area contributed by atoms with Crippen LogP contribution in [0, 0.1) is 5.41 Å². The van der Waals surface area contributed by atoms with Gasteiger partial charge >= 0.3 is 0 Å². The van der Waals surface area contributed by atoms with E-state index in [0.29, 0.717) is 0 Å². The van der Waals surface area contributed by atoms with Crippen LogP contribution in [0.1, 0.15) is 37.7 Å². The zero-order chi connectivity index (χ0) is 11.2. The number of nitrogens with one attached hydrogen (secondary N) is 1. The molecule has 3 heteroatoms. The van der Waals surface area contributed by atoms with Crippen molar-refractivity contribution in [3.05, 3.63) is 35.9 Å². The van der Waals surface area contributed by atoms with E-state index in [-0.39, 0.29) is 5.90 Å². The molecule has 1 aliphatic carbocycles. The number of hydrogen-bond acceptors (Lipinski definition) is 3. The lowest BCUT2D eigenvalue weighted by Gasteiger charge is -2.11. The van der Waals surface area contributed by atoms with E-state index in [1.165, 1.54) is 19.3 Å². The van der Waals surface area contributed by atoms with Gasteiger partial charge in [-0.1, -0.05) is 29.8 Å². The lowest BCUT2D eigenvalue weighted by atomic mass is 9.99. The van der Waals surface area contributed by atoms with Crippen LogP contribution < -0.4 is 0 Å². The lowest BCUT2D eigenvalue weighted by molar-refractivity contribution is 0.321. The van der Waals surface area contributed by atoms with E-state index in [0.717, 1.165) is 24.1 Å². The van der Waals surface area contributed by atoms with Crippen LogP contribution in [-0.2, 0) is 4.84 Å². The molecule has 84 valence electrons. The van der Waals surface area contributed by atoms with Crippen LogP contribution >= 0.6 is 0 Å². The van der Waals surface area contributed by atoms with Crippen molar-refractivity contribution in [1.82, 2.24) is 0 Å². The fourth-order valence-corrected chi connectivity index (χ4v) is 1.80. The maximum atomic E-state index is 7.72. The van der Waals surface area contributed by atoms with Crippen molar-refractivity contribution in [3.8, 4) is 0 Å². The zero-order valence-corrected chi connectivity index (χ0v) is 9.28.